The number of carboxylic acids is 1. The van der Waals surface area contributed by atoms with Gasteiger partial charge in [-0.2, -0.15) is 0 Å². The molecule has 1 aliphatic rings. The average molecular weight is 378 g/mol. The summed E-state index contributed by atoms with van der Waals surface area (Å²) >= 11 is 0. The Morgan fingerprint density at radius 2 is 2.15 bits per heavy atom. The van der Waals surface area contributed by atoms with Crippen molar-refractivity contribution in [3.8, 4) is 11.5 Å². The molecule has 7 nitrogen and oxygen atoms in total. The number of aliphatic carboxylic acids is 1. The van der Waals surface area contributed by atoms with Crippen LogP contribution in [0.1, 0.15) is 51.1 Å². The van der Waals surface area contributed by atoms with Gasteiger partial charge in [0.25, 0.3) is 0 Å². The number of nitrogens with one attached hydrogen (secondary N) is 1. The molecule has 2 amide bonds. The maximum absolute atomic E-state index is 12.5. The summed E-state index contributed by atoms with van der Waals surface area (Å²) in [6, 6.07) is 5.15. The Labute approximate surface area is 160 Å². The van der Waals surface area contributed by atoms with Crippen molar-refractivity contribution < 1.29 is 24.2 Å². The number of carbonyl (C=O) groups is 2. The van der Waals surface area contributed by atoms with Crippen LogP contribution in [-0.2, 0) is 4.79 Å². The van der Waals surface area contributed by atoms with E-state index in [1.165, 1.54) is 0 Å². The molecule has 2 N–H and O–H groups in total. The summed E-state index contributed by atoms with van der Waals surface area (Å²) in [6.07, 6.45) is 3.36. The Balaban J connectivity index is 1.99. The topological polar surface area (TPSA) is 88.1 Å². The van der Waals surface area contributed by atoms with Crippen LogP contribution in [0.25, 0.3) is 0 Å². The molecule has 1 aromatic carbocycles. The van der Waals surface area contributed by atoms with Gasteiger partial charge in [0.1, 0.15) is 0 Å². The van der Waals surface area contributed by atoms with Gasteiger partial charge in [-0.1, -0.05) is 19.4 Å². The van der Waals surface area contributed by atoms with E-state index in [9.17, 15) is 14.7 Å². The number of rotatable bonds is 8. The summed E-state index contributed by atoms with van der Waals surface area (Å²) in [4.78, 5) is 25.3. The third kappa shape index (κ3) is 5.77. The Morgan fingerprint density at radius 1 is 1.37 bits per heavy atom. The van der Waals surface area contributed by atoms with E-state index in [2.05, 4.69) is 12.2 Å². The summed E-state index contributed by atoms with van der Waals surface area (Å²) in [5, 5.41) is 12.1. The molecule has 2 unspecified atom stereocenters. The first kappa shape index (κ1) is 20.9. The molecule has 27 heavy (non-hydrogen) atoms. The molecule has 1 aromatic rings. The van der Waals surface area contributed by atoms with Crippen molar-refractivity contribution in [1.29, 1.82) is 0 Å². The summed E-state index contributed by atoms with van der Waals surface area (Å²) in [5.41, 5.74) is 0.898. The van der Waals surface area contributed by atoms with Crippen molar-refractivity contribution in [1.82, 2.24) is 10.2 Å². The van der Waals surface area contributed by atoms with Gasteiger partial charge in [-0.15, -0.1) is 0 Å². The normalized spacial score (nSPS) is 17.9. The van der Waals surface area contributed by atoms with Gasteiger partial charge in [-0.05, 0) is 43.9 Å². The second-order valence-corrected chi connectivity index (χ2v) is 6.91. The lowest BCUT2D eigenvalue weighted by Crippen LogP contribution is -2.47. The van der Waals surface area contributed by atoms with Crippen LogP contribution in [0.3, 0.4) is 0 Å². The molecule has 150 valence electrons. The van der Waals surface area contributed by atoms with Gasteiger partial charge in [-0.3, -0.25) is 4.79 Å². The molecule has 0 bridgehead atoms. The van der Waals surface area contributed by atoms with Crippen molar-refractivity contribution in [3.05, 3.63) is 23.8 Å². The number of amides is 2. The first-order valence-corrected chi connectivity index (χ1v) is 9.55. The average Bonchev–Trinajstić information content (AvgIpc) is 2.68. The summed E-state index contributed by atoms with van der Waals surface area (Å²) in [5.74, 6) is -0.00873. The van der Waals surface area contributed by atoms with E-state index in [1.807, 2.05) is 25.1 Å². The molecule has 1 aliphatic heterocycles. The Hall–Kier alpha value is -2.44. The highest BCUT2D eigenvalue weighted by Crippen LogP contribution is 2.30. The third-order valence-corrected chi connectivity index (χ3v) is 4.84. The Bertz CT molecular complexity index is 649. The number of carboxylic acid groups (broad SMARTS) is 1. The molecule has 1 fully saturated rings. The summed E-state index contributed by atoms with van der Waals surface area (Å²) in [6.45, 7) is 5.47. The Kier molecular flexibility index (Phi) is 7.76. The van der Waals surface area contributed by atoms with Crippen LogP contribution in [0.15, 0.2) is 18.2 Å². The number of carbonyl (C=O) groups excluding carboxylic acids is 1. The second kappa shape index (κ2) is 10.0. The standard InChI is InChI=1S/C20H30N2O5/c1-4-5-11-27-17-9-8-15(12-18(17)26-3)14(2)21-20(25)22-10-6-7-16(13-22)19(23)24/h8-9,12,14,16H,4-7,10-11,13H2,1-3H3,(H,21,25)(H,23,24). The number of piperidine rings is 1. The van der Waals surface area contributed by atoms with Crippen LogP contribution in [0.2, 0.25) is 0 Å². The van der Waals surface area contributed by atoms with E-state index in [0.717, 1.165) is 18.4 Å². The number of unbranched alkanes of at least 4 members (excludes halogenated alkanes) is 1. The molecular formula is C20H30N2O5. The SMILES string of the molecule is CCCCOc1ccc(C(C)NC(=O)N2CCCC(C(=O)O)C2)cc1OC. The van der Waals surface area contributed by atoms with Crippen LogP contribution in [-0.4, -0.2) is 48.8 Å². The molecule has 2 atom stereocenters. The van der Waals surface area contributed by atoms with Gasteiger partial charge >= 0.3 is 12.0 Å². The zero-order chi connectivity index (χ0) is 19.8. The minimum absolute atomic E-state index is 0.235. The first-order valence-electron chi connectivity index (χ1n) is 9.55. The second-order valence-electron chi connectivity index (χ2n) is 6.91. The number of urea groups is 1. The smallest absolute Gasteiger partial charge is 0.317 e. The maximum Gasteiger partial charge on any atom is 0.317 e. The lowest BCUT2D eigenvalue weighted by Gasteiger charge is -2.31. The lowest BCUT2D eigenvalue weighted by atomic mass is 9.98. The van der Waals surface area contributed by atoms with Crippen LogP contribution in [0.5, 0.6) is 11.5 Å². The highest BCUT2D eigenvalue weighted by atomic mass is 16.5. The van der Waals surface area contributed by atoms with Crippen molar-refractivity contribution in [2.24, 2.45) is 5.92 Å². The molecule has 7 heteroatoms. The highest BCUT2D eigenvalue weighted by Gasteiger charge is 2.28. The fraction of sp³-hybridized carbons (Fsp3) is 0.600. The summed E-state index contributed by atoms with van der Waals surface area (Å²) in [7, 11) is 1.59. The lowest BCUT2D eigenvalue weighted by molar-refractivity contribution is -0.143. The quantitative estimate of drug-likeness (QED) is 0.677. The highest BCUT2D eigenvalue weighted by molar-refractivity contribution is 5.77. The van der Waals surface area contributed by atoms with E-state index in [4.69, 9.17) is 9.47 Å². The number of likely N-dealkylation sites (tertiary alicyclic amines) is 1. The molecule has 1 saturated heterocycles. The number of benzene rings is 1. The van der Waals surface area contributed by atoms with Gasteiger partial charge in [0.2, 0.25) is 0 Å². The zero-order valence-electron chi connectivity index (χ0n) is 16.4. The monoisotopic (exact) mass is 378 g/mol. The van der Waals surface area contributed by atoms with Crippen LogP contribution in [0.4, 0.5) is 4.79 Å². The molecule has 1 heterocycles. The largest absolute Gasteiger partial charge is 0.493 e. The zero-order valence-corrected chi connectivity index (χ0v) is 16.4. The number of hydrogen-bond acceptors (Lipinski definition) is 4. The molecule has 0 aromatic heterocycles. The first-order chi connectivity index (χ1) is 13.0. The van der Waals surface area contributed by atoms with Gasteiger partial charge in [-0.25, -0.2) is 4.79 Å². The van der Waals surface area contributed by atoms with Crippen molar-refractivity contribution in [3.63, 3.8) is 0 Å². The summed E-state index contributed by atoms with van der Waals surface area (Å²) < 4.78 is 11.2. The number of ether oxygens (including phenoxy) is 2. The molecule has 0 radical (unpaired) electrons. The van der Waals surface area contributed by atoms with Crippen LogP contribution >= 0.6 is 0 Å². The maximum atomic E-state index is 12.5. The fourth-order valence-corrected chi connectivity index (χ4v) is 3.12. The third-order valence-electron chi connectivity index (χ3n) is 4.84. The van der Waals surface area contributed by atoms with Crippen LogP contribution < -0.4 is 14.8 Å². The minimum atomic E-state index is -0.844. The molecule has 0 aliphatic carbocycles. The van der Waals surface area contributed by atoms with Gasteiger partial charge in [0, 0.05) is 13.1 Å². The van der Waals surface area contributed by atoms with Gasteiger partial charge in [0.05, 0.1) is 25.7 Å². The number of methoxy groups -OCH3 is 1. The van der Waals surface area contributed by atoms with E-state index < -0.39 is 11.9 Å². The predicted molar refractivity (Wildman–Crippen MR) is 102 cm³/mol. The predicted octanol–water partition coefficient (Wildman–Crippen LogP) is 3.44. The molecule has 0 saturated carbocycles. The van der Waals surface area contributed by atoms with E-state index in [-0.39, 0.29) is 18.6 Å². The molecular weight excluding hydrogens is 348 g/mol. The van der Waals surface area contributed by atoms with Gasteiger partial charge in [0.15, 0.2) is 11.5 Å². The van der Waals surface area contributed by atoms with Gasteiger partial charge < -0.3 is 24.8 Å². The van der Waals surface area contributed by atoms with Crippen molar-refractivity contribution >= 4 is 12.0 Å². The van der Waals surface area contributed by atoms with Crippen LogP contribution in [0, 0.1) is 5.92 Å². The number of hydrogen-bond donors (Lipinski definition) is 2. The molecule has 0 spiro atoms. The molecule has 2 rings (SSSR count). The van der Waals surface area contributed by atoms with Crippen molar-refractivity contribution in [2.75, 3.05) is 26.8 Å². The van der Waals surface area contributed by atoms with Crippen molar-refractivity contribution in [2.45, 2.75) is 45.6 Å². The number of nitrogens with zero attached hydrogens (tertiary/aromatic N) is 1. The van der Waals surface area contributed by atoms with E-state index in [1.54, 1.807) is 12.0 Å². The van der Waals surface area contributed by atoms with E-state index in [0.29, 0.717) is 37.5 Å². The Morgan fingerprint density at radius 3 is 2.81 bits per heavy atom. The van der Waals surface area contributed by atoms with E-state index >= 15 is 0 Å². The fourth-order valence-electron chi connectivity index (χ4n) is 3.12. The minimum Gasteiger partial charge on any atom is -0.493 e.